The molecule has 2 saturated heterocycles. The minimum atomic E-state index is -1.52. The fourth-order valence-corrected chi connectivity index (χ4v) is 13.0. The predicted molar refractivity (Wildman–Crippen MR) is 258 cm³/mol. The van der Waals surface area contributed by atoms with Crippen molar-refractivity contribution >= 4 is 36.0 Å². The number of methoxy groups -OCH3 is 2. The number of aryl methyl sites for hydroxylation is 1. The van der Waals surface area contributed by atoms with Gasteiger partial charge in [0.25, 0.3) is 0 Å². The highest BCUT2D eigenvalue weighted by Gasteiger charge is 2.62. The molecule has 1 spiro atoms. The Labute approximate surface area is 417 Å². The molecule has 7 heterocycles. The van der Waals surface area contributed by atoms with Crippen LogP contribution >= 0.6 is 11.8 Å². The van der Waals surface area contributed by atoms with Crippen molar-refractivity contribution in [1.82, 2.24) is 15.1 Å². The van der Waals surface area contributed by atoms with Gasteiger partial charge in [-0.3, -0.25) is 19.9 Å². The maximum absolute atomic E-state index is 15.3. The fraction of sp³-hybridized carbons (Fsp3) is 0.519. The van der Waals surface area contributed by atoms with E-state index in [9.17, 15) is 19.6 Å². The molecular weight excluding hydrogens is 937 g/mol. The zero-order valence-electron chi connectivity index (χ0n) is 41.9. The fourth-order valence-electron chi connectivity index (χ4n) is 11.3. The minimum Gasteiger partial charge on any atom is -0.493 e. The summed E-state index contributed by atoms with van der Waals surface area (Å²) in [5.41, 5.74) is 1.94. The van der Waals surface area contributed by atoms with E-state index in [4.69, 9.17) is 47.4 Å². The summed E-state index contributed by atoms with van der Waals surface area (Å²) in [7, 11) is 2.96. The van der Waals surface area contributed by atoms with E-state index in [1.54, 1.807) is 66.7 Å². The van der Waals surface area contributed by atoms with Crippen molar-refractivity contribution < 1.29 is 66.5 Å². The molecule has 2 fully saturated rings. The average molecular weight is 997 g/mol. The highest BCUT2D eigenvalue weighted by Crippen LogP contribution is 2.65. The second-order valence-electron chi connectivity index (χ2n) is 20.5. The third-order valence-corrected chi connectivity index (χ3v) is 15.2. The summed E-state index contributed by atoms with van der Waals surface area (Å²) in [6.45, 7) is 19.9. The van der Waals surface area contributed by atoms with Gasteiger partial charge in [-0.25, -0.2) is 14.4 Å². The van der Waals surface area contributed by atoms with Crippen LogP contribution in [-0.2, 0) is 42.2 Å². The van der Waals surface area contributed by atoms with E-state index in [-0.39, 0.29) is 42.2 Å². The highest BCUT2D eigenvalue weighted by molar-refractivity contribution is 7.99. The number of rotatable bonds is 7. The first-order valence-corrected chi connectivity index (χ1v) is 24.6. The topological polar surface area (TPSA) is 203 Å². The molecule has 0 aromatic heterocycles. The Bertz CT molecular complexity index is 2780. The number of nitrogens with one attached hydrogen (secondary N) is 1. The Kier molecular flexibility index (Phi) is 12.9. The number of esters is 2. The zero-order chi connectivity index (χ0) is 51.1. The lowest BCUT2D eigenvalue weighted by Gasteiger charge is -2.62. The number of fused-ring (bicyclic) bond motifs is 9. The number of carbonyl (C=O) groups is 4. The standard InChI is InChI=1S/C52H60N4O14S/c1-13-16-55-31-18-29-17-25(2)41(62-12)45(68-49(60)70-51(8,9)10)36(29)39(55)40-46-38-37(44-43(64-24-65-44)26(3)42(38)66-27(4)57)33(56(40)32(31)21-53)22-63-47(58)52(23-71-46)30-20-34(61-11)35(19-28(30)14-15-54-52)67-48(59)69-50(5,6)7/h13,17,19-20,31-33,39-40,46,54H,1,14-16,18,22-24H2,2-12H3/t31-,32-,33-,39+,40?,46+,52+/m0/s1. The van der Waals surface area contributed by atoms with Gasteiger partial charge in [0.15, 0.2) is 40.0 Å². The predicted octanol–water partition coefficient (Wildman–Crippen LogP) is 7.76. The van der Waals surface area contributed by atoms with Gasteiger partial charge in [0.05, 0.1) is 37.6 Å². The van der Waals surface area contributed by atoms with Crippen LogP contribution in [0.25, 0.3) is 0 Å². The Morgan fingerprint density at radius 1 is 0.901 bits per heavy atom. The molecule has 7 atom stereocenters. The summed E-state index contributed by atoms with van der Waals surface area (Å²) >= 11 is 1.42. The van der Waals surface area contributed by atoms with Gasteiger partial charge in [-0.1, -0.05) is 12.1 Å². The first-order chi connectivity index (χ1) is 33.6. The maximum atomic E-state index is 15.3. The third-order valence-electron chi connectivity index (χ3n) is 13.7. The smallest absolute Gasteiger partial charge is 0.493 e. The number of thioether (sulfide) groups is 1. The van der Waals surface area contributed by atoms with Crippen LogP contribution in [-0.4, -0.2) is 110 Å². The molecule has 1 unspecified atom stereocenters. The average Bonchev–Trinajstić information content (AvgIpc) is 3.78. The van der Waals surface area contributed by atoms with Crippen LogP contribution in [0, 0.1) is 25.2 Å². The van der Waals surface area contributed by atoms with Crippen molar-refractivity contribution in [3.63, 3.8) is 0 Å². The summed E-state index contributed by atoms with van der Waals surface area (Å²) in [5.74, 6) is 0.715. The van der Waals surface area contributed by atoms with Crippen LogP contribution in [0.3, 0.4) is 0 Å². The quantitative estimate of drug-likeness (QED) is 0.0790. The van der Waals surface area contributed by atoms with Crippen molar-refractivity contribution in [3.05, 3.63) is 75.4 Å². The van der Waals surface area contributed by atoms with Gasteiger partial charge in [-0.15, -0.1) is 18.3 Å². The monoisotopic (exact) mass is 996 g/mol. The second kappa shape index (κ2) is 18.4. The van der Waals surface area contributed by atoms with Crippen LogP contribution in [0.1, 0.15) is 110 Å². The molecule has 18 nitrogen and oxygen atoms in total. The molecule has 1 N–H and O–H groups in total. The zero-order valence-corrected chi connectivity index (χ0v) is 42.7. The molecule has 3 aromatic rings. The van der Waals surface area contributed by atoms with Gasteiger partial charge in [0.1, 0.15) is 29.6 Å². The van der Waals surface area contributed by atoms with E-state index in [0.717, 1.165) is 5.56 Å². The Hall–Kier alpha value is -6.20. The van der Waals surface area contributed by atoms with Gasteiger partial charge in [0, 0.05) is 60.1 Å². The Morgan fingerprint density at radius 2 is 1.61 bits per heavy atom. The molecule has 0 saturated carbocycles. The van der Waals surface area contributed by atoms with Crippen molar-refractivity contribution in [2.24, 2.45) is 0 Å². The summed E-state index contributed by atoms with van der Waals surface area (Å²) in [6.07, 6.45) is 0.760. The number of piperazine rings is 1. The lowest BCUT2D eigenvalue weighted by molar-refractivity contribution is -0.157. The molecule has 7 aliphatic rings. The molecule has 19 heteroatoms. The first kappa shape index (κ1) is 49.8. The summed E-state index contributed by atoms with van der Waals surface area (Å²) in [5, 5.41) is 14.4. The molecule has 7 aliphatic heterocycles. The largest absolute Gasteiger partial charge is 0.514 e. The Morgan fingerprint density at radius 3 is 2.25 bits per heavy atom. The second-order valence-corrected chi connectivity index (χ2v) is 21.6. The maximum Gasteiger partial charge on any atom is 0.514 e. The van der Waals surface area contributed by atoms with Crippen LogP contribution < -0.4 is 38.5 Å². The number of carbonyl (C=O) groups excluding carboxylic acids is 4. The van der Waals surface area contributed by atoms with E-state index in [1.807, 2.05) is 13.0 Å². The third kappa shape index (κ3) is 8.55. The number of nitrogens with zero attached hydrogens (tertiary/aromatic N) is 3. The van der Waals surface area contributed by atoms with E-state index in [2.05, 4.69) is 27.8 Å². The van der Waals surface area contributed by atoms with Gasteiger partial charge in [-0.2, -0.15) is 5.26 Å². The van der Waals surface area contributed by atoms with E-state index in [0.29, 0.717) is 82.1 Å². The molecular formula is C52H60N4O14S. The normalized spacial score (nSPS) is 25.2. The first-order valence-electron chi connectivity index (χ1n) is 23.6. The molecule has 3 aromatic carbocycles. The van der Waals surface area contributed by atoms with Gasteiger partial charge < -0.3 is 47.4 Å². The molecule has 0 aliphatic carbocycles. The Balaban J connectivity index is 1.30. The lowest BCUT2D eigenvalue weighted by atomic mass is 9.71. The summed E-state index contributed by atoms with van der Waals surface area (Å²) < 4.78 is 60.4. The number of hydrogen-bond acceptors (Lipinski definition) is 19. The summed E-state index contributed by atoms with van der Waals surface area (Å²) in [4.78, 5) is 59.8. The number of ether oxygens (including phenoxy) is 10. The summed E-state index contributed by atoms with van der Waals surface area (Å²) in [6, 6.07) is 4.53. The molecule has 10 rings (SSSR count). The van der Waals surface area contributed by atoms with Crippen molar-refractivity contribution in [3.8, 4) is 46.3 Å². The van der Waals surface area contributed by atoms with Gasteiger partial charge in [0.2, 0.25) is 6.79 Å². The molecule has 378 valence electrons. The molecule has 0 amide bonds. The van der Waals surface area contributed by atoms with Crippen LogP contribution in [0.15, 0.2) is 30.9 Å². The van der Waals surface area contributed by atoms with Gasteiger partial charge in [-0.05, 0) is 103 Å². The van der Waals surface area contributed by atoms with Crippen LogP contribution in [0.2, 0.25) is 0 Å². The SMILES string of the molecule is C=CCN1[C@@H]2c3c(cc(C)c(OC)c3OC(=O)OC(C)(C)C)C[C@H]1[C@H](C#N)N1C2[C@@H]2SC[C@]3(NCCc4cc(OC(=O)OC(C)(C)C)c(OC)cc43)C(=O)OC[C@H]1c1c3c(c(C)c(OC(C)=O)c12)OCO3. The van der Waals surface area contributed by atoms with Crippen molar-refractivity contribution in [2.75, 3.05) is 46.5 Å². The number of benzene rings is 3. The van der Waals surface area contributed by atoms with Crippen LogP contribution in [0.4, 0.5) is 9.59 Å². The van der Waals surface area contributed by atoms with Crippen molar-refractivity contribution in [2.45, 2.75) is 127 Å². The molecule has 4 bridgehead atoms. The number of nitriles is 1. The van der Waals surface area contributed by atoms with Gasteiger partial charge >= 0.3 is 24.2 Å². The molecule has 71 heavy (non-hydrogen) atoms. The lowest BCUT2D eigenvalue weighted by Crippen LogP contribution is -2.70. The van der Waals surface area contributed by atoms with E-state index >= 15 is 4.79 Å². The highest BCUT2D eigenvalue weighted by atomic mass is 32.2. The molecule has 0 radical (unpaired) electrons. The number of hydrogen-bond donors (Lipinski definition) is 1. The van der Waals surface area contributed by atoms with Crippen molar-refractivity contribution in [1.29, 1.82) is 5.26 Å². The van der Waals surface area contributed by atoms with Crippen LogP contribution in [0.5, 0.6) is 40.2 Å². The van der Waals surface area contributed by atoms with E-state index in [1.165, 1.54) is 32.9 Å². The van der Waals surface area contributed by atoms with E-state index < -0.39 is 76.4 Å². The minimum absolute atomic E-state index is 0.0283.